The lowest BCUT2D eigenvalue weighted by Crippen LogP contribution is -2.33. The molecule has 0 aliphatic carbocycles. The molecule has 2 N–H and O–H groups in total. The molecule has 1 aromatic heterocycles. The van der Waals surface area contributed by atoms with Crippen LogP contribution in [0.2, 0.25) is 0 Å². The van der Waals surface area contributed by atoms with Crippen molar-refractivity contribution in [3.63, 3.8) is 0 Å². The maximum atomic E-state index is 12.3. The van der Waals surface area contributed by atoms with Crippen LogP contribution in [0.15, 0.2) is 30.5 Å². The van der Waals surface area contributed by atoms with E-state index in [9.17, 15) is 4.79 Å². The Balaban J connectivity index is 1.19. The highest BCUT2D eigenvalue weighted by atomic mass is 16.2. The molecule has 3 heterocycles. The molecular weight excluding hydrogens is 340 g/mol. The molecule has 0 atom stereocenters. The summed E-state index contributed by atoms with van der Waals surface area (Å²) in [5, 5.41) is 14.5. The van der Waals surface area contributed by atoms with Gasteiger partial charge in [0, 0.05) is 26.2 Å². The molecule has 2 aliphatic heterocycles. The van der Waals surface area contributed by atoms with E-state index in [1.54, 1.807) is 6.20 Å². The number of hydrogen-bond acceptors (Lipinski definition) is 5. The van der Waals surface area contributed by atoms with E-state index < -0.39 is 0 Å². The minimum atomic E-state index is -0.126. The van der Waals surface area contributed by atoms with E-state index in [1.165, 1.54) is 11.1 Å². The Morgan fingerprint density at radius 2 is 2.04 bits per heavy atom. The van der Waals surface area contributed by atoms with Crippen LogP contribution in [-0.2, 0) is 13.0 Å². The summed E-state index contributed by atoms with van der Waals surface area (Å²) in [6, 6.07) is 9.02. The topological polar surface area (TPSA) is 75.1 Å². The Bertz CT molecular complexity index is 767. The highest BCUT2D eigenvalue weighted by Gasteiger charge is 2.19. The first-order valence-corrected chi connectivity index (χ1v) is 9.99. The van der Waals surface area contributed by atoms with Gasteiger partial charge < -0.3 is 10.6 Å². The quantitative estimate of drug-likeness (QED) is 0.754. The molecule has 1 aromatic carbocycles. The van der Waals surface area contributed by atoms with Crippen LogP contribution in [0, 0.1) is 0 Å². The molecule has 0 radical (unpaired) electrons. The molecule has 7 nitrogen and oxygen atoms in total. The molecule has 27 heavy (non-hydrogen) atoms. The SMILES string of the molecule is O=C(NCCCN1CCc2ccccc2C1)c1cn(C2CCNCC2)nn1. The summed E-state index contributed by atoms with van der Waals surface area (Å²) in [7, 11) is 0. The van der Waals surface area contributed by atoms with Gasteiger partial charge in [0.05, 0.1) is 12.2 Å². The van der Waals surface area contributed by atoms with Crippen molar-refractivity contribution in [3.8, 4) is 0 Å². The number of amides is 1. The molecule has 1 fully saturated rings. The number of carbonyl (C=O) groups excluding carboxylic acids is 1. The average molecular weight is 368 g/mol. The van der Waals surface area contributed by atoms with Gasteiger partial charge in [0.1, 0.15) is 0 Å². The van der Waals surface area contributed by atoms with Gasteiger partial charge >= 0.3 is 0 Å². The highest BCUT2D eigenvalue weighted by Crippen LogP contribution is 2.18. The molecule has 7 heteroatoms. The van der Waals surface area contributed by atoms with Crippen LogP contribution in [0.25, 0.3) is 0 Å². The van der Waals surface area contributed by atoms with Crippen molar-refractivity contribution in [2.24, 2.45) is 0 Å². The maximum Gasteiger partial charge on any atom is 0.273 e. The second-order valence-electron chi connectivity index (χ2n) is 7.47. The van der Waals surface area contributed by atoms with Gasteiger partial charge in [0.2, 0.25) is 0 Å². The highest BCUT2D eigenvalue weighted by molar-refractivity contribution is 5.91. The fourth-order valence-corrected chi connectivity index (χ4v) is 3.97. The number of rotatable bonds is 6. The van der Waals surface area contributed by atoms with Crippen LogP contribution in [-0.4, -0.2) is 58.5 Å². The van der Waals surface area contributed by atoms with Gasteiger partial charge in [-0.1, -0.05) is 29.5 Å². The lowest BCUT2D eigenvalue weighted by atomic mass is 10.00. The first-order valence-electron chi connectivity index (χ1n) is 9.99. The van der Waals surface area contributed by atoms with E-state index >= 15 is 0 Å². The summed E-state index contributed by atoms with van der Waals surface area (Å²) in [6.45, 7) is 5.75. The lowest BCUT2D eigenvalue weighted by molar-refractivity contribution is 0.0946. The van der Waals surface area contributed by atoms with E-state index in [0.717, 1.165) is 58.4 Å². The molecule has 4 rings (SSSR count). The summed E-state index contributed by atoms with van der Waals surface area (Å²) in [6.07, 6.45) is 5.90. The third-order valence-electron chi connectivity index (χ3n) is 5.57. The second-order valence-corrected chi connectivity index (χ2v) is 7.47. The number of nitrogens with zero attached hydrogens (tertiary/aromatic N) is 4. The van der Waals surface area contributed by atoms with Crippen molar-refractivity contribution < 1.29 is 4.79 Å². The fraction of sp³-hybridized carbons (Fsp3) is 0.550. The zero-order chi connectivity index (χ0) is 18.5. The Morgan fingerprint density at radius 3 is 2.89 bits per heavy atom. The Kier molecular flexibility index (Phi) is 5.79. The molecule has 1 amide bonds. The van der Waals surface area contributed by atoms with Gasteiger partial charge in [-0.05, 0) is 49.9 Å². The van der Waals surface area contributed by atoms with Crippen LogP contribution in [0.1, 0.15) is 46.9 Å². The van der Waals surface area contributed by atoms with E-state index in [2.05, 4.69) is 50.1 Å². The molecule has 2 aliphatic rings. The van der Waals surface area contributed by atoms with Gasteiger partial charge in [0.15, 0.2) is 5.69 Å². The summed E-state index contributed by atoms with van der Waals surface area (Å²) < 4.78 is 1.85. The van der Waals surface area contributed by atoms with Crippen LogP contribution >= 0.6 is 0 Å². The molecule has 2 aromatic rings. The van der Waals surface area contributed by atoms with Gasteiger partial charge in [-0.2, -0.15) is 0 Å². The van der Waals surface area contributed by atoms with Gasteiger partial charge in [-0.15, -0.1) is 5.10 Å². The number of fused-ring (bicyclic) bond motifs is 1. The average Bonchev–Trinajstić information content (AvgIpc) is 3.22. The van der Waals surface area contributed by atoms with Crippen molar-refractivity contribution in [1.82, 2.24) is 30.5 Å². The van der Waals surface area contributed by atoms with Crippen LogP contribution in [0.4, 0.5) is 0 Å². The summed E-state index contributed by atoms with van der Waals surface area (Å²) in [4.78, 5) is 14.8. The molecule has 1 saturated heterocycles. The predicted molar refractivity (Wildman–Crippen MR) is 104 cm³/mol. The van der Waals surface area contributed by atoms with E-state index in [-0.39, 0.29) is 5.91 Å². The first kappa shape index (κ1) is 18.1. The second kappa shape index (κ2) is 8.63. The normalized spacial score (nSPS) is 18.2. The van der Waals surface area contributed by atoms with Crippen molar-refractivity contribution in [1.29, 1.82) is 0 Å². The Labute approximate surface area is 160 Å². The van der Waals surface area contributed by atoms with E-state index in [0.29, 0.717) is 18.3 Å². The maximum absolute atomic E-state index is 12.3. The summed E-state index contributed by atoms with van der Waals surface area (Å²) >= 11 is 0. The van der Waals surface area contributed by atoms with Gasteiger partial charge in [-0.25, -0.2) is 4.68 Å². The predicted octanol–water partition coefficient (Wildman–Crippen LogP) is 1.38. The Hall–Kier alpha value is -2.25. The minimum absolute atomic E-state index is 0.126. The molecule has 0 spiro atoms. The number of nitrogens with one attached hydrogen (secondary N) is 2. The third-order valence-corrected chi connectivity index (χ3v) is 5.57. The van der Waals surface area contributed by atoms with Crippen molar-refractivity contribution in [3.05, 3.63) is 47.3 Å². The van der Waals surface area contributed by atoms with Crippen LogP contribution < -0.4 is 10.6 Å². The summed E-state index contributed by atoms with van der Waals surface area (Å²) in [5.74, 6) is -0.126. The third kappa shape index (κ3) is 4.54. The number of carbonyl (C=O) groups is 1. The largest absolute Gasteiger partial charge is 0.351 e. The minimum Gasteiger partial charge on any atom is -0.351 e. The van der Waals surface area contributed by atoms with Crippen molar-refractivity contribution in [2.45, 2.75) is 38.3 Å². The van der Waals surface area contributed by atoms with Crippen molar-refractivity contribution >= 4 is 5.91 Å². The Morgan fingerprint density at radius 1 is 1.22 bits per heavy atom. The number of piperidine rings is 1. The zero-order valence-electron chi connectivity index (χ0n) is 15.7. The fourth-order valence-electron chi connectivity index (χ4n) is 3.97. The number of benzene rings is 1. The van der Waals surface area contributed by atoms with Crippen molar-refractivity contribution in [2.75, 3.05) is 32.7 Å². The first-order chi connectivity index (χ1) is 13.3. The van der Waals surface area contributed by atoms with Gasteiger partial charge in [0.25, 0.3) is 5.91 Å². The van der Waals surface area contributed by atoms with E-state index in [1.807, 2.05) is 4.68 Å². The molecule has 0 unspecified atom stereocenters. The smallest absolute Gasteiger partial charge is 0.273 e. The van der Waals surface area contributed by atoms with Crippen LogP contribution in [0.5, 0.6) is 0 Å². The van der Waals surface area contributed by atoms with E-state index in [4.69, 9.17) is 0 Å². The number of aromatic nitrogens is 3. The molecule has 0 bridgehead atoms. The molecule has 144 valence electrons. The zero-order valence-corrected chi connectivity index (χ0v) is 15.7. The number of hydrogen-bond donors (Lipinski definition) is 2. The lowest BCUT2D eigenvalue weighted by Gasteiger charge is -2.28. The monoisotopic (exact) mass is 368 g/mol. The molecular formula is C20H28N6O. The van der Waals surface area contributed by atoms with Crippen LogP contribution in [0.3, 0.4) is 0 Å². The standard InChI is InChI=1S/C20H28N6O/c27-20(19-15-26(24-23-19)18-6-10-21-11-7-18)22-9-3-12-25-13-8-16-4-1-2-5-17(16)14-25/h1-2,4-5,15,18,21H,3,6-14H2,(H,22,27). The van der Waals surface area contributed by atoms with Gasteiger partial charge in [-0.3, -0.25) is 9.69 Å². The summed E-state index contributed by atoms with van der Waals surface area (Å²) in [5.41, 5.74) is 3.32. The molecule has 0 saturated carbocycles.